The fraction of sp³-hybridized carbons (Fsp3) is 0.471. The van der Waals surface area contributed by atoms with Crippen LogP contribution in [0.25, 0.3) is 5.69 Å². The van der Waals surface area contributed by atoms with Crippen LogP contribution in [-0.2, 0) is 6.54 Å². The molecule has 4 heteroatoms. The highest BCUT2D eigenvalue weighted by Gasteiger charge is 2.30. The third kappa shape index (κ3) is 3.34. The maximum absolute atomic E-state index is 9.72. The van der Waals surface area contributed by atoms with Gasteiger partial charge in [0.15, 0.2) is 0 Å². The predicted molar refractivity (Wildman–Crippen MR) is 83.3 cm³/mol. The number of aromatic nitrogens is 2. The number of rotatable bonds is 5. The molecular weight excluding hydrogens is 262 g/mol. The first-order valence-electron chi connectivity index (χ1n) is 7.75. The Labute approximate surface area is 125 Å². The third-order valence-electron chi connectivity index (χ3n) is 4.52. The first kappa shape index (κ1) is 14.3. The van der Waals surface area contributed by atoms with Crippen molar-refractivity contribution in [1.82, 2.24) is 14.9 Å². The number of aliphatic hydroxyl groups excluding tert-OH is 1. The van der Waals surface area contributed by atoms with Crippen LogP contribution in [0.1, 0.15) is 37.7 Å². The van der Waals surface area contributed by atoms with Crippen LogP contribution in [-0.4, -0.2) is 26.8 Å². The SMILES string of the molecule is OCC1(NCc2ccc(-n3ccnc3)cc2)CCCCC1. The standard InChI is InChI=1S/C17H23N3O/c21-13-17(8-2-1-3-9-17)19-12-15-4-6-16(7-5-15)20-11-10-18-14-20/h4-7,10-11,14,19,21H,1-3,8-9,12-13H2. The van der Waals surface area contributed by atoms with E-state index in [-0.39, 0.29) is 12.1 Å². The molecule has 0 spiro atoms. The van der Waals surface area contributed by atoms with Gasteiger partial charge in [-0.1, -0.05) is 31.4 Å². The molecule has 0 unspecified atom stereocenters. The summed E-state index contributed by atoms with van der Waals surface area (Å²) in [5, 5.41) is 13.3. The van der Waals surface area contributed by atoms with Crippen LogP contribution in [0.5, 0.6) is 0 Å². The zero-order valence-corrected chi connectivity index (χ0v) is 12.3. The number of hydrogen-bond acceptors (Lipinski definition) is 3. The molecular formula is C17H23N3O. The lowest BCUT2D eigenvalue weighted by atomic mass is 9.82. The number of nitrogens with one attached hydrogen (secondary N) is 1. The van der Waals surface area contributed by atoms with Crippen LogP contribution in [0, 0.1) is 0 Å². The largest absolute Gasteiger partial charge is 0.394 e. The lowest BCUT2D eigenvalue weighted by Gasteiger charge is -2.36. The molecule has 0 radical (unpaired) electrons. The molecule has 112 valence electrons. The van der Waals surface area contributed by atoms with E-state index in [2.05, 4.69) is 34.6 Å². The van der Waals surface area contributed by atoms with Crippen molar-refractivity contribution in [2.45, 2.75) is 44.2 Å². The van der Waals surface area contributed by atoms with Crippen LogP contribution in [0.15, 0.2) is 43.0 Å². The molecule has 1 fully saturated rings. The monoisotopic (exact) mass is 285 g/mol. The first-order valence-corrected chi connectivity index (χ1v) is 7.75. The summed E-state index contributed by atoms with van der Waals surface area (Å²) in [5.74, 6) is 0. The second kappa shape index (κ2) is 6.41. The van der Waals surface area contributed by atoms with Crippen molar-refractivity contribution in [3.63, 3.8) is 0 Å². The summed E-state index contributed by atoms with van der Waals surface area (Å²) in [6.45, 7) is 1.05. The van der Waals surface area contributed by atoms with Gasteiger partial charge in [0.2, 0.25) is 0 Å². The molecule has 0 amide bonds. The van der Waals surface area contributed by atoms with Crippen LogP contribution in [0.4, 0.5) is 0 Å². The van der Waals surface area contributed by atoms with Crippen LogP contribution >= 0.6 is 0 Å². The molecule has 0 saturated heterocycles. The summed E-state index contributed by atoms with van der Waals surface area (Å²) in [6, 6.07) is 8.48. The van der Waals surface area contributed by atoms with Crippen molar-refractivity contribution in [3.05, 3.63) is 48.5 Å². The summed E-state index contributed by atoms with van der Waals surface area (Å²) in [6.07, 6.45) is 11.4. The number of nitrogens with zero attached hydrogens (tertiary/aromatic N) is 2. The van der Waals surface area contributed by atoms with Gasteiger partial charge < -0.3 is 15.0 Å². The topological polar surface area (TPSA) is 50.1 Å². The van der Waals surface area contributed by atoms with Crippen molar-refractivity contribution in [1.29, 1.82) is 0 Å². The van der Waals surface area contributed by atoms with Gasteiger partial charge in [-0.25, -0.2) is 4.98 Å². The minimum atomic E-state index is -0.0682. The molecule has 1 aromatic heterocycles. The van der Waals surface area contributed by atoms with Crippen molar-refractivity contribution < 1.29 is 5.11 Å². The highest BCUT2D eigenvalue weighted by atomic mass is 16.3. The van der Waals surface area contributed by atoms with Gasteiger partial charge in [-0.05, 0) is 30.5 Å². The zero-order chi connectivity index (χ0) is 14.5. The zero-order valence-electron chi connectivity index (χ0n) is 12.3. The Morgan fingerprint density at radius 1 is 1.14 bits per heavy atom. The minimum absolute atomic E-state index is 0.0682. The summed E-state index contributed by atoms with van der Waals surface area (Å²) >= 11 is 0. The Morgan fingerprint density at radius 2 is 1.90 bits per heavy atom. The maximum atomic E-state index is 9.72. The van der Waals surface area contributed by atoms with Crippen LogP contribution in [0.2, 0.25) is 0 Å². The third-order valence-corrected chi connectivity index (χ3v) is 4.52. The van der Waals surface area contributed by atoms with E-state index in [1.165, 1.54) is 24.8 Å². The van der Waals surface area contributed by atoms with E-state index in [0.29, 0.717) is 0 Å². The smallest absolute Gasteiger partial charge is 0.0991 e. The molecule has 0 atom stereocenters. The van der Waals surface area contributed by atoms with E-state index in [0.717, 1.165) is 25.1 Å². The van der Waals surface area contributed by atoms with E-state index in [4.69, 9.17) is 0 Å². The second-order valence-corrected chi connectivity index (χ2v) is 5.99. The van der Waals surface area contributed by atoms with Gasteiger partial charge in [0.25, 0.3) is 0 Å². The van der Waals surface area contributed by atoms with E-state index in [9.17, 15) is 5.11 Å². The molecule has 21 heavy (non-hydrogen) atoms. The summed E-state index contributed by atoms with van der Waals surface area (Å²) in [7, 11) is 0. The lowest BCUT2D eigenvalue weighted by molar-refractivity contribution is 0.119. The molecule has 1 saturated carbocycles. The second-order valence-electron chi connectivity index (χ2n) is 5.99. The average molecular weight is 285 g/mol. The normalized spacial score (nSPS) is 17.8. The molecule has 0 aliphatic heterocycles. The van der Waals surface area contributed by atoms with Crippen molar-refractivity contribution >= 4 is 0 Å². The number of aliphatic hydroxyl groups is 1. The summed E-state index contributed by atoms with van der Waals surface area (Å²) in [4.78, 5) is 4.06. The fourth-order valence-corrected chi connectivity index (χ4v) is 3.11. The van der Waals surface area contributed by atoms with Gasteiger partial charge >= 0.3 is 0 Å². The molecule has 2 aromatic rings. The first-order chi connectivity index (χ1) is 10.3. The molecule has 1 aliphatic carbocycles. The van der Waals surface area contributed by atoms with E-state index in [1.807, 2.05) is 10.8 Å². The van der Waals surface area contributed by atoms with Gasteiger partial charge in [-0.2, -0.15) is 0 Å². The van der Waals surface area contributed by atoms with Crippen LogP contribution < -0.4 is 5.32 Å². The summed E-state index contributed by atoms with van der Waals surface area (Å²) < 4.78 is 1.99. The molecule has 2 N–H and O–H groups in total. The lowest BCUT2D eigenvalue weighted by Crippen LogP contribution is -2.49. The number of benzene rings is 1. The molecule has 3 rings (SSSR count). The van der Waals surface area contributed by atoms with Crippen molar-refractivity contribution in [2.24, 2.45) is 0 Å². The Kier molecular flexibility index (Phi) is 4.36. The Bertz CT molecular complexity index is 542. The molecule has 4 nitrogen and oxygen atoms in total. The Hall–Kier alpha value is -1.65. The van der Waals surface area contributed by atoms with Crippen molar-refractivity contribution in [2.75, 3.05) is 6.61 Å². The van der Waals surface area contributed by atoms with Crippen molar-refractivity contribution in [3.8, 4) is 5.69 Å². The van der Waals surface area contributed by atoms with E-state index >= 15 is 0 Å². The van der Waals surface area contributed by atoms with Gasteiger partial charge in [-0.3, -0.25) is 0 Å². The molecule has 1 heterocycles. The minimum Gasteiger partial charge on any atom is -0.394 e. The van der Waals surface area contributed by atoms with Gasteiger partial charge in [0.1, 0.15) is 0 Å². The number of hydrogen-bond donors (Lipinski definition) is 2. The highest BCUT2D eigenvalue weighted by molar-refractivity contribution is 5.34. The Balaban J connectivity index is 1.62. The van der Waals surface area contributed by atoms with Gasteiger partial charge in [0, 0.05) is 30.2 Å². The highest BCUT2D eigenvalue weighted by Crippen LogP contribution is 2.28. The van der Waals surface area contributed by atoms with Crippen LogP contribution in [0.3, 0.4) is 0 Å². The average Bonchev–Trinajstić information content (AvgIpc) is 3.09. The Morgan fingerprint density at radius 3 is 2.52 bits per heavy atom. The maximum Gasteiger partial charge on any atom is 0.0991 e. The number of imidazole rings is 1. The summed E-state index contributed by atoms with van der Waals surface area (Å²) in [5.41, 5.74) is 2.30. The molecule has 0 bridgehead atoms. The molecule has 1 aromatic carbocycles. The van der Waals surface area contributed by atoms with Gasteiger partial charge in [0.05, 0.1) is 12.9 Å². The quantitative estimate of drug-likeness (QED) is 0.888. The molecule has 1 aliphatic rings. The van der Waals surface area contributed by atoms with Gasteiger partial charge in [-0.15, -0.1) is 0 Å². The fourth-order valence-electron chi connectivity index (χ4n) is 3.11. The predicted octanol–water partition coefficient (Wildman–Crippen LogP) is 2.66. The van der Waals surface area contributed by atoms with E-state index < -0.39 is 0 Å². The van der Waals surface area contributed by atoms with E-state index in [1.54, 1.807) is 12.5 Å².